The molecule has 0 saturated heterocycles. The van der Waals surface area contributed by atoms with Crippen molar-refractivity contribution < 1.29 is 17.9 Å². The molecular formula is C19H24N2O4S. The zero-order valence-electron chi connectivity index (χ0n) is 15.4. The summed E-state index contributed by atoms with van der Waals surface area (Å²) in [6.45, 7) is 3.58. The van der Waals surface area contributed by atoms with Crippen LogP contribution < -0.4 is 10.1 Å². The highest BCUT2D eigenvalue weighted by Gasteiger charge is 2.20. The van der Waals surface area contributed by atoms with E-state index in [9.17, 15) is 13.2 Å². The summed E-state index contributed by atoms with van der Waals surface area (Å²) in [6, 6.07) is 12.3. The van der Waals surface area contributed by atoms with Crippen LogP contribution in [0.2, 0.25) is 0 Å². The average molecular weight is 376 g/mol. The minimum Gasteiger partial charge on any atom is -0.483 e. The molecule has 140 valence electrons. The molecule has 0 heterocycles. The van der Waals surface area contributed by atoms with E-state index in [1.165, 1.54) is 20.2 Å². The first-order valence-electron chi connectivity index (χ1n) is 8.29. The third-order valence-electron chi connectivity index (χ3n) is 3.94. The summed E-state index contributed by atoms with van der Waals surface area (Å²) < 4.78 is 31.4. The van der Waals surface area contributed by atoms with E-state index in [2.05, 4.69) is 5.32 Å². The van der Waals surface area contributed by atoms with Crippen molar-refractivity contribution in [1.82, 2.24) is 4.31 Å². The fourth-order valence-electron chi connectivity index (χ4n) is 2.43. The van der Waals surface area contributed by atoms with Gasteiger partial charge in [0.2, 0.25) is 10.0 Å². The molecule has 0 fully saturated rings. The number of sulfonamides is 1. The van der Waals surface area contributed by atoms with Crippen molar-refractivity contribution in [2.75, 3.05) is 26.0 Å². The summed E-state index contributed by atoms with van der Waals surface area (Å²) in [6.07, 6.45) is 0.807. The van der Waals surface area contributed by atoms with E-state index in [-0.39, 0.29) is 17.4 Å². The van der Waals surface area contributed by atoms with Gasteiger partial charge in [-0.3, -0.25) is 4.79 Å². The van der Waals surface area contributed by atoms with E-state index in [1.54, 1.807) is 19.1 Å². The Morgan fingerprint density at radius 2 is 1.85 bits per heavy atom. The number of hydrogen-bond acceptors (Lipinski definition) is 4. The maximum atomic E-state index is 12.4. The zero-order valence-corrected chi connectivity index (χ0v) is 16.3. The first-order valence-corrected chi connectivity index (χ1v) is 9.73. The van der Waals surface area contributed by atoms with Crippen LogP contribution in [0.3, 0.4) is 0 Å². The van der Waals surface area contributed by atoms with E-state index in [4.69, 9.17) is 4.74 Å². The van der Waals surface area contributed by atoms with Crippen LogP contribution in [0.1, 0.15) is 18.1 Å². The van der Waals surface area contributed by atoms with Crippen molar-refractivity contribution in [3.8, 4) is 5.75 Å². The van der Waals surface area contributed by atoms with Crippen LogP contribution in [0.4, 0.5) is 5.69 Å². The molecule has 0 bridgehead atoms. The molecule has 7 heteroatoms. The highest BCUT2D eigenvalue weighted by Crippen LogP contribution is 2.23. The Labute approximate surface area is 154 Å². The molecule has 0 aliphatic rings. The molecule has 6 nitrogen and oxygen atoms in total. The van der Waals surface area contributed by atoms with Gasteiger partial charge in [-0.05, 0) is 42.7 Å². The number of nitrogens with zero attached hydrogens (tertiary/aromatic N) is 1. The number of benzene rings is 2. The van der Waals surface area contributed by atoms with Crippen molar-refractivity contribution >= 4 is 21.6 Å². The highest BCUT2D eigenvalue weighted by molar-refractivity contribution is 7.89. The van der Waals surface area contributed by atoms with Crippen molar-refractivity contribution in [3.63, 3.8) is 0 Å². The van der Waals surface area contributed by atoms with E-state index >= 15 is 0 Å². The molecule has 0 saturated carbocycles. The number of anilines is 1. The predicted molar refractivity (Wildman–Crippen MR) is 102 cm³/mol. The molecular weight excluding hydrogens is 352 g/mol. The first kappa shape index (κ1) is 19.9. The van der Waals surface area contributed by atoms with Gasteiger partial charge in [-0.25, -0.2) is 12.7 Å². The van der Waals surface area contributed by atoms with Crippen LogP contribution in [0.5, 0.6) is 5.75 Å². The van der Waals surface area contributed by atoms with Crippen LogP contribution in [-0.2, 0) is 21.2 Å². The summed E-state index contributed by atoms with van der Waals surface area (Å²) in [5, 5.41) is 2.68. The summed E-state index contributed by atoms with van der Waals surface area (Å²) >= 11 is 0. The average Bonchev–Trinajstić information content (AvgIpc) is 2.61. The minimum atomic E-state index is -3.58. The first-order chi connectivity index (χ1) is 12.3. The smallest absolute Gasteiger partial charge is 0.262 e. The Morgan fingerprint density at radius 1 is 1.15 bits per heavy atom. The predicted octanol–water partition coefficient (Wildman–Crippen LogP) is 2.83. The Bertz CT molecular complexity index is 892. The van der Waals surface area contributed by atoms with Gasteiger partial charge in [0.25, 0.3) is 5.91 Å². The number of hydrogen-bond donors (Lipinski definition) is 1. The van der Waals surface area contributed by atoms with Crippen LogP contribution >= 0.6 is 0 Å². The van der Waals surface area contributed by atoms with Gasteiger partial charge in [-0.2, -0.15) is 0 Å². The van der Waals surface area contributed by atoms with Gasteiger partial charge in [0.05, 0.1) is 4.90 Å². The van der Waals surface area contributed by atoms with Crippen LogP contribution in [0.25, 0.3) is 0 Å². The zero-order chi connectivity index (χ0) is 19.3. The van der Waals surface area contributed by atoms with Crippen LogP contribution in [-0.4, -0.2) is 39.3 Å². The summed E-state index contributed by atoms with van der Waals surface area (Å²) in [5.74, 6) is 0.317. The number of ether oxygens (including phenoxy) is 1. The molecule has 0 spiro atoms. The largest absolute Gasteiger partial charge is 0.483 e. The number of carbonyl (C=O) groups excluding carboxylic acids is 1. The fourth-order valence-corrected chi connectivity index (χ4v) is 3.57. The Balaban J connectivity index is 2.10. The number of rotatable bonds is 7. The van der Waals surface area contributed by atoms with Gasteiger partial charge in [0.15, 0.2) is 6.61 Å². The SMILES string of the molecule is CCc1ccccc1OCC(=O)Nc1ccc(C)c(S(=O)(=O)N(C)C)c1. The van der Waals surface area contributed by atoms with Gasteiger partial charge in [0.1, 0.15) is 5.75 Å². The van der Waals surface area contributed by atoms with Gasteiger partial charge >= 0.3 is 0 Å². The molecule has 0 radical (unpaired) electrons. The van der Waals surface area contributed by atoms with Gasteiger partial charge < -0.3 is 10.1 Å². The number of aryl methyl sites for hydroxylation is 2. The maximum absolute atomic E-state index is 12.4. The summed E-state index contributed by atoms with van der Waals surface area (Å²) in [4.78, 5) is 12.3. The maximum Gasteiger partial charge on any atom is 0.262 e. The second kappa shape index (κ2) is 8.33. The molecule has 0 atom stereocenters. The third-order valence-corrected chi connectivity index (χ3v) is 5.90. The van der Waals surface area contributed by atoms with E-state index in [0.717, 1.165) is 16.3 Å². The molecule has 0 aliphatic heterocycles. The molecule has 0 aromatic heterocycles. The summed E-state index contributed by atoms with van der Waals surface area (Å²) in [5.41, 5.74) is 2.05. The lowest BCUT2D eigenvalue weighted by atomic mass is 10.1. The lowest BCUT2D eigenvalue weighted by molar-refractivity contribution is -0.118. The Morgan fingerprint density at radius 3 is 2.50 bits per heavy atom. The monoisotopic (exact) mass is 376 g/mol. The van der Waals surface area contributed by atoms with Crippen molar-refractivity contribution in [2.24, 2.45) is 0 Å². The fraction of sp³-hybridized carbons (Fsp3) is 0.316. The van der Waals surface area contributed by atoms with Gasteiger partial charge in [0, 0.05) is 19.8 Å². The van der Waals surface area contributed by atoms with Crippen molar-refractivity contribution in [2.45, 2.75) is 25.2 Å². The highest BCUT2D eigenvalue weighted by atomic mass is 32.2. The quantitative estimate of drug-likeness (QED) is 0.806. The second-order valence-electron chi connectivity index (χ2n) is 6.07. The number of nitrogens with one attached hydrogen (secondary N) is 1. The summed E-state index contributed by atoms with van der Waals surface area (Å²) in [7, 11) is -0.637. The molecule has 0 unspecified atom stereocenters. The van der Waals surface area contributed by atoms with Crippen LogP contribution in [0.15, 0.2) is 47.4 Å². The molecule has 0 aliphatic carbocycles. The van der Waals surface area contributed by atoms with Crippen LogP contribution in [0, 0.1) is 6.92 Å². The second-order valence-corrected chi connectivity index (χ2v) is 8.19. The van der Waals surface area contributed by atoms with E-state index < -0.39 is 10.0 Å². The topological polar surface area (TPSA) is 75.7 Å². The molecule has 1 N–H and O–H groups in total. The number of para-hydroxylation sites is 1. The molecule has 2 aromatic carbocycles. The van der Waals surface area contributed by atoms with Gasteiger partial charge in [-0.15, -0.1) is 0 Å². The molecule has 2 aromatic rings. The molecule has 26 heavy (non-hydrogen) atoms. The van der Waals surface area contributed by atoms with E-state index in [0.29, 0.717) is 17.0 Å². The van der Waals surface area contributed by atoms with Crippen molar-refractivity contribution in [3.05, 3.63) is 53.6 Å². The van der Waals surface area contributed by atoms with Crippen molar-refractivity contribution in [1.29, 1.82) is 0 Å². The lowest BCUT2D eigenvalue weighted by Gasteiger charge is -2.15. The number of carbonyl (C=O) groups is 1. The Kier molecular flexibility index (Phi) is 6.39. The Hall–Kier alpha value is -2.38. The van der Waals surface area contributed by atoms with Gasteiger partial charge in [-0.1, -0.05) is 31.2 Å². The third kappa shape index (κ3) is 4.62. The minimum absolute atomic E-state index is 0.152. The number of amides is 1. The normalized spacial score (nSPS) is 11.4. The molecule has 2 rings (SSSR count). The standard InChI is InChI=1S/C19H24N2O4S/c1-5-15-8-6-7-9-17(15)25-13-19(22)20-16-11-10-14(2)18(12-16)26(23,24)21(3)4/h6-12H,5,13H2,1-4H3,(H,20,22). The van der Waals surface area contributed by atoms with E-state index in [1.807, 2.05) is 31.2 Å². The molecule has 1 amide bonds. The lowest BCUT2D eigenvalue weighted by Crippen LogP contribution is -2.24.